The molecule has 1 N–H and O–H groups in total. The maximum absolute atomic E-state index is 11.0. The largest absolute Gasteiger partial charge is 0.476 e. The number of fused-ring (bicyclic) bond motifs is 3. The van der Waals surface area contributed by atoms with Gasteiger partial charge in [-0.2, -0.15) is 0 Å². The molecule has 0 spiro atoms. The number of pyridine rings is 2. The minimum Gasteiger partial charge on any atom is -0.476 e. The van der Waals surface area contributed by atoms with Crippen LogP contribution in [0.25, 0.3) is 21.9 Å². The van der Waals surface area contributed by atoms with Crippen LogP contribution in [0.1, 0.15) is 10.5 Å². The van der Waals surface area contributed by atoms with Crippen LogP contribution in [-0.2, 0) is 0 Å². The molecule has 5 heteroatoms. The molecule has 0 fully saturated rings. The molecule has 0 radical (unpaired) electrons. The van der Waals surface area contributed by atoms with Gasteiger partial charge < -0.3 is 9.52 Å². The summed E-state index contributed by atoms with van der Waals surface area (Å²) < 4.78 is 5.50. The van der Waals surface area contributed by atoms with Crippen molar-refractivity contribution in [3.63, 3.8) is 0 Å². The minimum absolute atomic E-state index is 0.00995. The summed E-state index contributed by atoms with van der Waals surface area (Å²) in [6.07, 6.45) is 4.59. The molecule has 16 heavy (non-hydrogen) atoms. The Bertz CT molecular complexity index is 703. The summed E-state index contributed by atoms with van der Waals surface area (Å²) in [7, 11) is 0. The van der Waals surface area contributed by atoms with Crippen molar-refractivity contribution in [3.05, 3.63) is 36.4 Å². The Morgan fingerprint density at radius 1 is 1.25 bits per heavy atom. The number of hydrogen-bond acceptors (Lipinski definition) is 4. The van der Waals surface area contributed by atoms with Crippen LogP contribution in [0, 0.1) is 0 Å². The molecule has 0 saturated heterocycles. The first kappa shape index (κ1) is 8.84. The highest BCUT2D eigenvalue weighted by atomic mass is 16.4. The third-order valence-electron chi connectivity index (χ3n) is 2.39. The standard InChI is InChI=1S/C11H6N2O3/c14-11(15)10-9-6-5-12-3-1-7(6)16-8(9)2-4-13-10/h1-5H,(H,14,15). The lowest BCUT2D eigenvalue weighted by Gasteiger charge is -1.94. The first-order chi connectivity index (χ1) is 7.77. The summed E-state index contributed by atoms with van der Waals surface area (Å²) >= 11 is 0. The molecule has 0 saturated carbocycles. The second kappa shape index (κ2) is 3.03. The molecule has 0 bridgehead atoms. The van der Waals surface area contributed by atoms with E-state index in [0.29, 0.717) is 21.9 Å². The van der Waals surface area contributed by atoms with Crippen molar-refractivity contribution < 1.29 is 14.3 Å². The molecule has 3 rings (SSSR count). The van der Waals surface area contributed by atoms with Crippen LogP contribution < -0.4 is 0 Å². The van der Waals surface area contributed by atoms with Crippen LogP contribution in [0.2, 0.25) is 0 Å². The van der Waals surface area contributed by atoms with Gasteiger partial charge in [0, 0.05) is 24.0 Å². The summed E-state index contributed by atoms with van der Waals surface area (Å²) in [6, 6.07) is 3.34. The predicted octanol–water partition coefficient (Wildman–Crippen LogP) is 2.07. The Hall–Kier alpha value is -2.43. The maximum atomic E-state index is 11.0. The number of carboxylic acid groups (broad SMARTS) is 1. The topological polar surface area (TPSA) is 76.2 Å². The zero-order valence-corrected chi connectivity index (χ0v) is 8.04. The molecule has 0 aliphatic rings. The minimum atomic E-state index is -1.07. The van der Waals surface area contributed by atoms with Gasteiger partial charge in [-0.3, -0.25) is 4.98 Å². The number of hydrogen-bond donors (Lipinski definition) is 1. The van der Waals surface area contributed by atoms with Crippen molar-refractivity contribution in [2.45, 2.75) is 0 Å². The highest BCUT2D eigenvalue weighted by Crippen LogP contribution is 2.29. The molecule has 5 nitrogen and oxygen atoms in total. The number of aromatic carboxylic acids is 1. The van der Waals surface area contributed by atoms with Gasteiger partial charge in [0.15, 0.2) is 5.69 Å². The molecule has 3 aromatic heterocycles. The average Bonchev–Trinajstić information content (AvgIpc) is 2.66. The van der Waals surface area contributed by atoms with Crippen molar-refractivity contribution in [3.8, 4) is 0 Å². The zero-order chi connectivity index (χ0) is 11.1. The van der Waals surface area contributed by atoms with E-state index in [0.717, 1.165) is 0 Å². The van der Waals surface area contributed by atoms with Gasteiger partial charge in [0.05, 0.1) is 5.39 Å². The van der Waals surface area contributed by atoms with E-state index in [2.05, 4.69) is 9.97 Å². The number of furan rings is 1. The van der Waals surface area contributed by atoms with Gasteiger partial charge >= 0.3 is 5.97 Å². The first-order valence-electron chi connectivity index (χ1n) is 4.62. The fourth-order valence-electron chi connectivity index (χ4n) is 1.73. The van der Waals surface area contributed by atoms with Crippen molar-refractivity contribution >= 4 is 27.9 Å². The Labute approximate surface area is 89.3 Å². The van der Waals surface area contributed by atoms with Gasteiger partial charge in [0.2, 0.25) is 0 Å². The Kier molecular flexibility index (Phi) is 1.67. The number of rotatable bonds is 1. The smallest absolute Gasteiger partial charge is 0.355 e. The predicted molar refractivity (Wildman–Crippen MR) is 56.3 cm³/mol. The van der Waals surface area contributed by atoms with Gasteiger partial charge in [-0.15, -0.1) is 0 Å². The lowest BCUT2D eigenvalue weighted by atomic mass is 10.2. The van der Waals surface area contributed by atoms with Gasteiger partial charge in [0.25, 0.3) is 0 Å². The van der Waals surface area contributed by atoms with E-state index < -0.39 is 5.97 Å². The second-order valence-electron chi connectivity index (χ2n) is 3.31. The number of carboxylic acids is 1. The summed E-state index contributed by atoms with van der Waals surface area (Å²) in [5, 5.41) is 10.2. The van der Waals surface area contributed by atoms with E-state index in [9.17, 15) is 4.79 Å². The molecule has 0 aliphatic heterocycles. The molecule has 3 aromatic rings. The van der Waals surface area contributed by atoms with Gasteiger partial charge in [-0.25, -0.2) is 9.78 Å². The Morgan fingerprint density at radius 2 is 2.06 bits per heavy atom. The van der Waals surface area contributed by atoms with Crippen LogP contribution in [0.3, 0.4) is 0 Å². The first-order valence-corrected chi connectivity index (χ1v) is 4.62. The summed E-state index contributed by atoms with van der Waals surface area (Å²) in [5.74, 6) is -1.07. The number of nitrogens with zero attached hydrogens (tertiary/aromatic N) is 2. The van der Waals surface area contributed by atoms with Crippen LogP contribution in [0.4, 0.5) is 0 Å². The lowest BCUT2D eigenvalue weighted by molar-refractivity contribution is 0.0693. The van der Waals surface area contributed by atoms with Crippen LogP contribution in [0.5, 0.6) is 0 Å². The summed E-state index contributed by atoms with van der Waals surface area (Å²) in [4.78, 5) is 18.8. The Balaban J connectivity index is 2.57. The third-order valence-corrected chi connectivity index (χ3v) is 2.39. The molecule has 0 unspecified atom stereocenters. The lowest BCUT2D eigenvalue weighted by Crippen LogP contribution is -1.99. The van der Waals surface area contributed by atoms with Crippen molar-refractivity contribution in [2.75, 3.05) is 0 Å². The van der Waals surface area contributed by atoms with Gasteiger partial charge in [-0.1, -0.05) is 0 Å². The molecular formula is C11H6N2O3. The van der Waals surface area contributed by atoms with E-state index in [1.807, 2.05) is 0 Å². The SMILES string of the molecule is O=C(O)c1nccc2oc3ccncc3c12. The molecule has 0 atom stereocenters. The van der Waals surface area contributed by atoms with E-state index in [1.165, 1.54) is 6.20 Å². The maximum Gasteiger partial charge on any atom is 0.355 e. The zero-order valence-electron chi connectivity index (χ0n) is 8.04. The van der Waals surface area contributed by atoms with Crippen molar-refractivity contribution in [1.29, 1.82) is 0 Å². The molecule has 0 aliphatic carbocycles. The average molecular weight is 214 g/mol. The fourth-order valence-corrected chi connectivity index (χ4v) is 1.73. The van der Waals surface area contributed by atoms with E-state index >= 15 is 0 Å². The van der Waals surface area contributed by atoms with E-state index in [4.69, 9.17) is 9.52 Å². The van der Waals surface area contributed by atoms with E-state index in [-0.39, 0.29) is 5.69 Å². The third kappa shape index (κ3) is 1.08. The fraction of sp³-hybridized carbons (Fsp3) is 0. The highest BCUT2D eigenvalue weighted by molar-refractivity contribution is 6.13. The second-order valence-corrected chi connectivity index (χ2v) is 3.31. The summed E-state index contributed by atoms with van der Waals surface area (Å²) in [5.41, 5.74) is 1.11. The van der Waals surface area contributed by atoms with Crippen molar-refractivity contribution in [2.24, 2.45) is 0 Å². The molecular weight excluding hydrogens is 208 g/mol. The molecule has 0 aromatic carbocycles. The number of carbonyl (C=O) groups is 1. The Morgan fingerprint density at radius 3 is 2.88 bits per heavy atom. The molecule has 3 heterocycles. The number of aromatic nitrogens is 2. The van der Waals surface area contributed by atoms with E-state index in [1.54, 1.807) is 24.5 Å². The van der Waals surface area contributed by atoms with Crippen LogP contribution in [0.15, 0.2) is 35.1 Å². The summed E-state index contributed by atoms with van der Waals surface area (Å²) in [6.45, 7) is 0. The van der Waals surface area contributed by atoms with Gasteiger partial charge in [-0.05, 0) is 12.1 Å². The van der Waals surface area contributed by atoms with Crippen molar-refractivity contribution in [1.82, 2.24) is 9.97 Å². The highest BCUT2D eigenvalue weighted by Gasteiger charge is 2.16. The normalized spacial score (nSPS) is 11.0. The van der Waals surface area contributed by atoms with Crippen LogP contribution >= 0.6 is 0 Å². The molecule has 78 valence electrons. The van der Waals surface area contributed by atoms with Gasteiger partial charge in [0.1, 0.15) is 11.2 Å². The van der Waals surface area contributed by atoms with Crippen LogP contribution in [-0.4, -0.2) is 21.0 Å². The molecule has 0 amide bonds. The monoisotopic (exact) mass is 214 g/mol. The quantitative estimate of drug-likeness (QED) is 0.671.